The van der Waals surface area contributed by atoms with Gasteiger partial charge in [-0.05, 0) is 62.2 Å². The molecule has 0 spiro atoms. The van der Waals surface area contributed by atoms with E-state index in [4.69, 9.17) is 0 Å². The second-order valence-corrected chi connectivity index (χ2v) is 10.3. The molecule has 6 atom stereocenters. The SMILES string of the molecule is C=CCN(CCCCCCN(CC=C)C(=O)C1CC2C=CC1C2)C(=O)C1CC2C=CC1C2. The standard InChI is InChI=1S/C28H40N2O2/c1-3-13-29(27(31)25-19-21-9-11-23(25)17-21)15-7-5-6-8-16-30(14-4-2)28(32)26-20-22-10-12-24(26)18-22/h3-4,9-12,21-26H,1-2,5-8,13-20H2. The molecule has 2 amide bonds. The van der Waals surface area contributed by atoms with Crippen molar-refractivity contribution in [2.75, 3.05) is 26.2 Å². The number of carbonyl (C=O) groups is 2. The van der Waals surface area contributed by atoms with Crippen molar-refractivity contribution in [3.8, 4) is 0 Å². The molecule has 0 aromatic heterocycles. The molecule has 0 radical (unpaired) electrons. The molecule has 0 aromatic rings. The molecule has 174 valence electrons. The van der Waals surface area contributed by atoms with E-state index in [0.29, 0.717) is 48.6 Å². The van der Waals surface area contributed by atoms with Gasteiger partial charge in [0.15, 0.2) is 0 Å². The maximum atomic E-state index is 13.0. The van der Waals surface area contributed by atoms with Gasteiger partial charge in [-0.1, -0.05) is 49.3 Å². The molecule has 0 heterocycles. The number of fused-ring (bicyclic) bond motifs is 4. The Labute approximate surface area is 194 Å². The van der Waals surface area contributed by atoms with Crippen LogP contribution < -0.4 is 0 Å². The molecule has 4 aliphatic carbocycles. The zero-order valence-electron chi connectivity index (χ0n) is 19.5. The Balaban J connectivity index is 1.16. The Kier molecular flexibility index (Phi) is 7.70. The molecule has 0 aliphatic heterocycles. The first kappa shape index (κ1) is 23.1. The molecule has 4 aliphatic rings. The number of rotatable bonds is 13. The first-order valence-electron chi connectivity index (χ1n) is 12.8. The van der Waals surface area contributed by atoms with Gasteiger partial charge < -0.3 is 9.80 Å². The van der Waals surface area contributed by atoms with Crippen LogP contribution in [0.5, 0.6) is 0 Å². The Morgan fingerprint density at radius 2 is 1.12 bits per heavy atom. The van der Waals surface area contributed by atoms with Crippen LogP contribution in [0.2, 0.25) is 0 Å². The second kappa shape index (κ2) is 10.7. The molecule has 4 nitrogen and oxygen atoms in total. The van der Waals surface area contributed by atoms with E-state index in [1.165, 1.54) is 0 Å². The molecule has 2 saturated carbocycles. The van der Waals surface area contributed by atoms with Crippen LogP contribution in [0.3, 0.4) is 0 Å². The minimum Gasteiger partial charge on any atom is -0.339 e. The highest BCUT2D eigenvalue weighted by Gasteiger charge is 2.42. The van der Waals surface area contributed by atoms with Gasteiger partial charge in [0.05, 0.1) is 0 Å². The minimum atomic E-state index is 0.184. The Hall–Kier alpha value is -2.10. The maximum Gasteiger partial charge on any atom is 0.226 e. The summed E-state index contributed by atoms with van der Waals surface area (Å²) in [5.74, 6) is 3.17. The van der Waals surface area contributed by atoms with Gasteiger partial charge in [-0.3, -0.25) is 9.59 Å². The van der Waals surface area contributed by atoms with Gasteiger partial charge in [0.25, 0.3) is 0 Å². The number of nitrogens with zero attached hydrogens (tertiary/aromatic N) is 2. The highest BCUT2D eigenvalue weighted by Crippen LogP contribution is 2.45. The third-order valence-corrected chi connectivity index (χ3v) is 8.12. The molecule has 4 bridgehead atoms. The maximum absolute atomic E-state index is 13.0. The van der Waals surface area contributed by atoms with E-state index in [9.17, 15) is 9.59 Å². The predicted molar refractivity (Wildman–Crippen MR) is 130 cm³/mol. The van der Waals surface area contributed by atoms with Crippen LogP contribution in [-0.4, -0.2) is 47.8 Å². The highest BCUT2D eigenvalue weighted by molar-refractivity contribution is 5.81. The van der Waals surface area contributed by atoms with Crippen LogP contribution in [0.15, 0.2) is 49.6 Å². The molecule has 4 heteroatoms. The normalized spacial score (nSPS) is 31.2. The summed E-state index contributed by atoms with van der Waals surface area (Å²) in [4.78, 5) is 30.1. The Morgan fingerprint density at radius 1 is 0.688 bits per heavy atom. The van der Waals surface area contributed by atoms with E-state index >= 15 is 0 Å². The van der Waals surface area contributed by atoms with Gasteiger partial charge in [0, 0.05) is 38.0 Å². The van der Waals surface area contributed by atoms with Crippen molar-refractivity contribution in [3.05, 3.63) is 49.6 Å². The van der Waals surface area contributed by atoms with E-state index in [1.54, 1.807) is 0 Å². The quantitative estimate of drug-likeness (QED) is 0.301. The van der Waals surface area contributed by atoms with Crippen molar-refractivity contribution in [1.82, 2.24) is 9.80 Å². The van der Waals surface area contributed by atoms with Gasteiger partial charge in [-0.2, -0.15) is 0 Å². The highest BCUT2D eigenvalue weighted by atomic mass is 16.2. The third-order valence-electron chi connectivity index (χ3n) is 8.12. The zero-order chi connectivity index (χ0) is 22.5. The second-order valence-electron chi connectivity index (χ2n) is 10.3. The van der Waals surface area contributed by atoms with Crippen LogP contribution in [0.4, 0.5) is 0 Å². The number of hydrogen-bond donors (Lipinski definition) is 0. The van der Waals surface area contributed by atoms with Crippen molar-refractivity contribution in [2.45, 2.75) is 51.4 Å². The topological polar surface area (TPSA) is 40.6 Å². The van der Waals surface area contributed by atoms with Crippen molar-refractivity contribution < 1.29 is 9.59 Å². The number of hydrogen-bond acceptors (Lipinski definition) is 2. The molecule has 4 rings (SSSR count). The lowest BCUT2D eigenvalue weighted by Crippen LogP contribution is -2.39. The lowest BCUT2D eigenvalue weighted by Gasteiger charge is -2.28. The first-order chi connectivity index (χ1) is 15.6. The summed E-state index contributed by atoms with van der Waals surface area (Å²) < 4.78 is 0. The fourth-order valence-corrected chi connectivity index (χ4v) is 6.45. The fourth-order valence-electron chi connectivity index (χ4n) is 6.45. The molecule has 0 saturated heterocycles. The predicted octanol–water partition coefficient (Wildman–Crippen LogP) is 5.00. The van der Waals surface area contributed by atoms with Gasteiger partial charge in [0.2, 0.25) is 11.8 Å². The van der Waals surface area contributed by atoms with Crippen molar-refractivity contribution in [3.63, 3.8) is 0 Å². The third kappa shape index (κ3) is 5.10. The van der Waals surface area contributed by atoms with E-state index in [-0.39, 0.29) is 11.8 Å². The largest absolute Gasteiger partial charge is 0.339 e. The van der Waals surface area contributed by atoms with Crippen LogP contribution in [-0.2, 0) is 9.59 Å². The summed E-state index contributed by atoms with van der Waals surface area (Å²) in [5.41, 5.74) is 0. The summed E-state index contributed by atoms with van der Waals surface area (Å²) in [6.45, 7) is 10.6. The molecule has 0 N–H and O–H groups in total. The van der Waals surface area contributed by atoms with Gasteiger partial charge >= 0.3 is 0 Å². The van der Waals surface area contributed by atoms with Gasteiger partial charge in [0.1, 0.15) is 0 Å². The first-order valence-corrected chi connectivity index (χ1v) is 12.8. The summed E-state index contributed by atoms with van der Waals surface area (Å²) in [7, 11) is 0. The molecule has 32 heavy (non-hydrogen) atoms. The molecule has 2 fully saturated rings. The van der Waals surface area contributed by atoms with E-state index in [1.807, 2.05) is 22.0 Å². The average Bonchev–Trinajstić information content (AvgIpc) is 3.60. The molecule has 0 aromatic carbocycles. The molecular weight excluding hydrogens is 396 g/mol. The average molecular weight is 437 g/mol. The van der Waals surface area contributed by atoms with Gasteiger partial charge in [-0.15, -0.1) is 13.2 Å². The monoisotopic (exact) mass is 436 g/mol. The van der Waals surface area contributed by atoms with Crippen LogP contribution in [0, 0.1) is 35.5 Å². The van der Waals surface area contributed by atoms with Crippen molar-refractivity contribution in [2.24, 2.45) is 35.5 Å². The number of carbonyl (C=O) groups excluding carboxylic acids is 2. The van der Waals surface area contributed by atoms with Gasteiger partial charge in [-0.25, -0.2) is 0 Å². The lowest BCUT2D eigenvalue weighted by atomic mass is 9.92. The Morgan fingerprint density at radius 3 is 1.44 bits per heavy atom. The summed E-state index contributed by atoms with van der Waals surface area (Å²) in [6, 6.07) is 0. The van der Waals surface area contributed by atoms with Crippen molar-refractivity contribution >= 4 is 11.8 Å². The number of unbranched alkanes of at least 4 members (excludes halogenated alkanes) is 3. The van der Waals surface area contributed by atoms with Crippen LogP contribution in [0.1, 0.15) is 51.4 Å². The van der Waals surface area contributed by atoms with E-state index < -0.39 is 0 Å². The van der Waals surface area contributed by atoms with Crippen LogP contribution in [0.25, 0.3) is 0 Å². The Bertz CT molecular complexity index is 705. The molecule has 6 unspecified atom stereocenters. The lowest BCUT2D eigenvalue weighted by molar-refractivity contribution is -0.136. The number of allylic oxidation sites excluding steroid dienone is 4. The summed E-state index contributed by atoms with van der Waals surface area (Å²) in [5, 5.41) is 0. The zero-order valence-corrected chi connectivity index (χ0v) is 19.5. The number of amides is 2. The summed E-state index contributed by atoms with van der Waals surface area (Å²) >= 11 is 0. The fraction of sp³-hybridized carbons (Fsp3) is 0.643. The smallest absolute Gasteiger partial charge is 0.226 e. The van der Waals surface area contributed by atoms with E-state index in [0.717, 1.165) is 64.5 Å². The van der Waals surface area contributed by atoms with Crippen molar-refractivity contribution in [1.29, 1.82) is 0 Å². The summed E-state index contributed by atoms with van der Waals surface area (Å²) in [6.07, 6.45) is 21.4. The molecular formula is C28H40N2O2. The minimum absolute atomic E-state index is 0.184. The van der Waals surface area contributed by atoms with Crippen LogP contribution >= 0.6 is 0 Å². The van der Waals surface area contributed by atoms with E-state index in [2.05, 4.69) is 37.5 Å².